The summed E-state index contributed by atoms with van der Waals surface area (Å²) >= 11 is 1.36. The first-order chi connectivity index (χ1) is 13.3. The molecule has 0 fully saturated rings. The number of nitrogens with zero attached hydrogens (tertiary/aromatic N) is 3. The molecule has 0 unspecified atom stereocenters. The lowest BCUT2D eigenvalue weighted by molar-refractivity contribution is -0.118. The highest BCUT2D eigenvalue weighted by Gasteiger charge is 2.21. The van der Waals surface area contributed by atoms with E-state index in [0.29, 0.717) is 23.6 Å². The Morgan fingerprint density at radius 3 is 2.64 bits per heavy atom. The number of hydrogen-bond donors (Lipinski definition) is 0. The van der Waals surface area contributed by atoms with Gasteiger partial charge in [0, 0.05) is 6.54 Å². The van der Waals surface area contributed by atoms with E-state index in [9.17, 15) is 9.18 Å². The van der Waals surface area contributed by atoms with Gasteiger partial charge in [-0.05, 0) is 64.2 Å². The Balaban J connectivity index is 1.89. The van der Waals surface area contributed by atoms with E-state index in [1.807, 2.05) is 40.1 Å². The van der Waals surface area contributed by atoms with E-state index in [4.69, 9.17) is 0 Å². The quantitative estimate of drug-likeness (QED) is 0.583. The second kappa shape index (κ2) is 8.80. The largest absolute Gasteiger partial charge is 0.309 e. The van der Waals surface area contributed by atoms with Gasteiger partial charge in [-0.2, -0.15) is 0 Å². The summed E-state index contributed by atoms with van der Waals surface area (Å²) in [4.78, 5) is 21.5. The second-order valence-electron chi connectivity index (χ2n) is 7.39. The fourth-order valence-electron chi connectivity index (χ4n) is 3.14. The summed E-state index contributed by atoms with van der Waals surface area (Å²) in [7, 11) is 4.02. The standard InChI is InChI=1S/C22H26FN3OS/c1-15-9-10-16(2)17(13-15)14-20(27)26(12-6-11-25(3)4)22-24-21-18(23)7-5-8-19(21)28-22/h5,7-10,13H,6,11-12,14H2,1-4H3. The minimum absolute atomic E-state index is 0.00748. The third-order valence-electron chi connectivity index (χ3n) is 4.72. The van der Waals surface area contributed by atoms with Gasteiger partial charge in [-0.25, -0.2) is 9.37 Å². The van der Waals surface area contributed by atoms with Gasteiger partial charge in [0.25, 0.3) is 0 Å². The number of hydrogen-bond acceptors (Lipinski definition) is 4. The van der Waals surface area contributed by atoms with Crippen molar-refractivity contribution in [1.29, 1.82) is 0 Å². The average molecular weight is 400 g/mol. The van der Waals surface area contributed by atoms with Crippen molar-refractivity contribution in [3.8, 4) is 0 Å². The first kappa shape index (κ1) is 20.4. The predicted octanol–water partition coefficient (Wildman–Crippen LogP) is 4.58. The van der Waals surface area contributed by atoms with Crippen molar-refractivity contribution in [2.24, 2.45) is 0 Å². The van der Waals surface area contributed by atoms with Crippen LogP contribution >= 0.6 is 11.3 Å². The molecule has 6 heteroatoms. The molecule has 3 rings (SSSR count). The van der Waals surface area contributed by atoms with Crippen LogP contribution in [0.3, 0.4) is 0 Å². The van der Waals surface area contributed by atoms with Crippen LogP contribution in [0.5, 0.6) is 0 Å². The Morgan fingerprint density at radius 2 is 1.93 bits per heavy atom. The lowest BCUT2D eigenvalue weighted by atomic mass is 10.0. The summed E-state index contributed by atoms with van der Waals surface area (Å²) in [6.07, 6.45) is 1.14. The molecular formula is C22H26FN3OS. The van der Waals surface area contributed by atoms with Crippen molar-refractivity contribution >= 4 is 32.6 Å². The minimum atomic E-state index is -0.352. The van der Waals surface area contributed by atoms with Crippen molar-refractivity contribution < 1.29 is 9.18 Å². The van der Waals surface area contributed by atoms with Crippen molar-refractivity contribution in [1.82, 2.24) is 9.88 Å². The van der Waals surface area contributed by atoms with Crippen LogP contribution in [0.1, 0.15) is 23.1 Å². The molecule has 148 valence electrons. The molecule has 28 heavy (non-hydrogen) atoms. The maximum atomic E-state index is 14.1. The van der Waals surface area contributed by atoms with Gasteiger partial charge in [-0.3, -0.25) is 9.69 Å². The molecule has 1 heterocycles. The number of thiazole rings is 1. The van der Waals surface area contributed by atoms with Crippen LogP contribution in [-0.2, 0) is 11.2 Å². The highest BCUT2D eigenvalue weighted by molar-refractivity contribution is 7.22. The van der Waals surface area contributed by atoms with E-state index in [0.717, 1.165) is 34.4 Å². The number of fused-ring (bicyclic) bond motifs is 1. The molecule has 0 aliphatic heterocycles. The molecule has 0 saturated carbocycles. The first-order valence-electron chi connectivity index (χ1n) is 9.41. The maximum Gasteiger partial charge on any atom is 0.233 e. The molecule has 0 saturated heterocycles. The maximum absolute atomic E-state index is 14.1. The molecule has 1 aromatic heterocycles. The van der Waals surface area contributed by atoms with Crippen molar-refractivity contribution in [3.63, 3.8) is 0 Å². The molecule has 0 radical (unpaired) electrons. The van der Waals surface area contributed by atoms with Crippen molar-refractivity contribution in [2.75, 3.05) is 32.1 Å². The number of anilines is 1. The molecule has 1 amide bonds. The zero-order chi connectivity index (χ0) is 20.3. The van der Waals surface area contributed by atoms with Crippen molar-refractivity contribution in [3.05, 3.63) is 58.9 Å². The summed E-state index contributed by atoms with van der Waals surface area (Å²) < 4.78 is 14.9. The van der Waals surface area contributed by atoms with Crippen LogP contribution in [0.15, 0.2) is 36.4 Å². The van der Waals surface area contributed by atoms with E-state index in [-0.39, 0.29) is 11.7 Å². The number of carbonyl (C=O) groups is 1. The van der Waals surface area contributed by atoms with Gasteiger partial charge in [-0.15, -0.1) is 0 Å². The van der Waals surface area contributed by atoms with Crippen molar-refractivity contribution in [2.45, 2.75) is 26.7 Å². The molecule has 0 bridgehead atoms. The van der Waals surface area contributed by atoms with Gasteiger partial charge >= 0.3 is 0 Å². The highest BCUT2D eigenvalue weighted by atomic mass is 32.1. The van der Waals surface area contributed by atoms with Gasteiger partial charge in [-0.1, -0.05) is 41.2 Å². The zero-order valence-electron chi connectivity index (χ0n) is 16.8. The number of benzene rings is 2. The number of carbonyl (C=O) groups excluding carboxylic acids is 1. The van der Waals surface area contributed by atoms with Gasteiger partial charge in [0.05, 0.1) is 11.1 Å². The monoisotopic (exact) mass is 399 g/mol. The van der Waals surface area contributed by atoms with Crippen LogP contribution in [0.25, 0.3) is 10.2 Å². The Morgan fingerprint density at radius 1 is 1.14 bits per heavy atom. The number of aromatic nitrogens is 1. The van der Waals surface area contributed by atoms with E-state index in [1.54, 1.807) is 11.0 Å². The summed E-state index contributed by atoms with van der Waals surface area (Å²) in [5.74, 6) is -0.359. The number of rotatable bonds is 7. The molecule has 3 aromatic rings. The van der Waals surface area contributed by atoms with Crippen LogP contribution in [-0.4, -0.2) is 43.0 Å². The lowest BCUT2D eigenvalue weighted by Crippen LogP contribution is -2.34. The van der Waals surface area contributed by atoms with Crippen LogP contribution < -0.4 is 4.90 Å². The van der Waals surface area contributed by atoms with E-state index in [2.05, 4.69) is 22.0 Å². The highest BCUT2D eigenvalue weighted by Crippen LogP contribution is 2.31. The molecule has 0 aliphatic rings. The van der Waals surface area contributed by atoms with Gasteiger partial charge in [0.2, 0.25) is 5.91 Å². The molecule has 4 nitrogen and oxygen atoms in total. The number of amides is 1. The molecule has 2 aromatic carbocycles. The summed E-state index contributed by atoms with van der Waals surface area (Å²) in [5, 5.41) is 0.564. The smallest absolute Gasteiger partial charge is 0.233 e. The van der Waals surface area contributed by atoms with Crippen LogP contribution in [0, 0.1) is 19.7 Å². The third kappa shape index (κ3) is 4.75. The third-order valence-corrected chi connectivity index (χ3v) is 5.77. The number of para-hydroxylation sites is 1. The first-order valence-corrected chi connectivity index (χ1v) is 10.2. The zero-order valence-corrected chi connectivity index (χ0v) is 17.6. The minimum Gasteiger partial charge on any atom is -0.309 e. The molecule has 0 aliphatic carbocycles. The normalized spacial score (nSPS) is 11.4. The Bertz CT molecular complexity index is 983. The Hall–Kier alpha value is -2.31. The Kier molecular flexibility index (Phi) is 6.42. The lowest BCUT2D eigenvalue weighted by Gasteiger charge is -2.21. The number of aryl methyl sites for hydroxylation is 2. The number of halogens is 1. The molecular weight excluding hydrogens is 373 g/mol. The van der Waals surface area contributed by atoms with Gasteiger partial charge in [0.15, 0.2) is 5.13 Å². The summed E-state index contributed by atoms with van der Waals surface area (Å²) in [6, 6.07) is 11.1. The average Bonchev–Trinajstić information content (AvgIpc) is 3.06. The molecule has 0 atom stereocenters. The van der Waals surface area contributed by atoms with Gasteiger partial charge in [0.1, 0.15) is 11.3 Å². The fourth-order valence-corrected chi connectivity index (χ4v) is 4.16. The summed E-state index contributed by atoms with van der Waals surface area (Å²) in [5.41, 5.74) is 3.59. The Labute approximate surface area is 169 Å². The van der Waals surface area contributed by atoms with E-state index in [1.165, 1.54) is 17.4 Å². The van der Waals surface area contributed by atoms with E-state index >= 15 is 0 Å². The fraction of sp³-hybridized carbons (Fsp3) is 0.364. The SMILES string of the molecule is Cc1ccc(C)c(CC(=O)N(CCCN(C)C)c2nc3c(F)cccc3s2)c1. The topological polar surface area (TPSA) is 36.4 Å². The summed E-state index contributed by atoms with van der Waals surface area (Å²) in [6.45, 7) is 5.47. The molecule has 0 spiro atoms. The molecule has 0 N–H and O–H groups in total. The van der Waals surface area contributed by atoms with Gasteiger partial charge < -0.3 is 4.90 Å². The van der Waals surface area contributed by atoms with Crippen LogP contribution in [0.4, 0.5) is 9.52 Å². The van der Waals surface area contributed by atoms with Crippen LogP contribution in [0.2, 0.25) is 0 Å². The second-order valence-corrected chi connectivity index (χ2v) is 8.40. The predicted molar refractivity (Wildman–Crippen MR) is 115 cm³/mol. The van der Waals surface area contributed by atoms with E-state index < -0.39 is 0 Å².